The van der Waals surface area contributed by atoms with Crippen molar-refractivity contribution in [2.24, 2.45) is 13.0 Å². The molecule has 0 unspecified atom stereocenters. The lowest BCUT2D eigenvalue weighted by Gasteiger charge is -2.03. The molecule has 136 valence electrons. The van der Waals surface area contributed by atoms with Crippen LogP contribution in [-0.2, 0) is 19.6 Å². The minimum absolute atomic E-state index is 0.276. The lowest BCUT2D eigenvalue weighted by molar-refractivity contribution is -0.141. The molecule has 0 aromatic carbocycles. The first-order valence-corrected chi connectivity index (χ1v) is 7.94. The molecule has 26 heavy (non-hydrogen) atoms. The zero-order chi connectivity index (χ0) is 18.5. The van der Waals surface area contributed by atoms with Crippen LogP contribution in [0.25, 0.3) is 5.78 Å². The monoisotopic (exact) mass is 365 g/mol. The molecule has 0 bridgehead atoms. The maximum absolute atomic E-state index is 12.7. The van der Waals surface area contributed by atoms with Crippen LogP contribution in [-0.4, -0.2) is 35.3 Å². The largest absolute Gasteiger partial charge is 0.433 e. The fraction of sp³-hybridized carbons (Fsp3) is 0.400. The molecule has 3 aromatic heterocycles. The van der Waals surface area contributed by atoms with Gasteiger partial charge in [-0.1, -0.05) is 0 Å². The van der Waals surface area contributed by atoms with Crippen molar-refractivity contribution in [1.29, 1.82) is 0 Å². The highest BCUT2D eigenvalue weighted by Gasteiger charge is 2.33. The maximum Gasteiger partial charge on any atom is 0.433 e. The number of nitrogens with one attached hydrogen (secondary N) is 1. The van der Waals surface area contributed by atoms with Gasteiger partial charge in [-0.15, -0.1) is 5.10 Å². The molecule has 1 aliphatic carbocycles. The fourth-order valence-corrected chi connectivity index (χ4v) is 2.56. The Bertz CT molecular complexity index is 987. The second kappa shape index (κ2) is 5.78. The second-order valence-corrected chi connectivity index (χ2v) is 6.24. The van der Waals surface area contributed by atoms with Crippen LogP contribution in [0.2, 0.25) is 0 Å². The van der Waals surface area contributed by atoms with Crippen LogP contribution in [0.15, 0.2) is 18.3 Å². The zero-order valence-corrected chi connectivity index (χ0v) is 13.7. The van der Waals surface area contributed by atoms with E-state index >= 15 is 0 Å². The van der Waals surface area contributed by atoms with Gasteiger partial charge in [0.2, 0.25) is 5.82 Å². The normalized spacial score (nSPS) is 14.8. The summed E-state index contributed by atoms with van der Waals surface area (Å²) in [6.07, 6.45) is -0.289. The Kier molecular flexibility index (Phi) is 3.67. The molecule has 1 saturated carbocycles. The molecule has 8 nitrogen and oxygen atoms in total. The first-order valence-electron chi connectivity index (χ1n) is 7.94. The van der Waals surface area contributed by atoms with Gasteiger partial charge >= 0.3 is 6.18 Å². The summed E-state index contributed by atoms with van der Waals surface area (Å²) in [4.78, 5) is 19.5. The van der Waals surface area contributed by atoms with Crippen LogP contribution in [0.3, 0.4) is 0 Å². The number of amides is 1. The molecule has 11 heteroatoms. The number of hydrogen-bond acceptors (Lipinski definition) is 5. The number of carbonyl (C=O) groups excluding carboxylic acids is 1. The summed E-state index contributed by atoms with van der Waals surface area (Å²) in [5.41, 5.74) is -0.217. The van der Waals surface area contributed by atoms with Gasteiger partial charge in [0, 0.05) is 19.3 Å². The number of aryl methyl sites for hydroxylation is 1. The fourth-order valence-electron chi connectivity index (χ4n) is 2.56. The van der Waals surface area contributed by atoms with Gasteiger partial charge in [-0.25, -0.2) is 9.50 Å². The summed E-state index contributed by atoms with van der Waals surface area (Å²) >= 11 is 0. The number of aromatic nitrogens is 6. The third-order valence-electron chi connectivity index (χ3n) is 4.07. The number of halogens is 3. The smallest absolute Gasteiger partial charge is 0.304 e. The van der Waals surface area contributed by atoms with Crippen molar-refractivity contribution in [2.75, 3.05) is 5.32 Å². The summed E-state index contributed by atoms with van der Waals surface area (Å²) in [7, 11) is 1.69. The van der Waals surface area contributed by atoms with Gasteiger partial charge in [-0.05, 0) is 31.2 Å². The van der Waals surface area contributed by atoms with E-state index < -0.39 is 17.8 Å². The quantitative estimate of drug-likeness (QED) is 0.765. The van der Waals surface area contributed by atoms with Gasteiger partial charge in [-0.3, -0.25) is 9.48 Å². The molecule has 0 radical (unpaired) electrons. The van der Waals surface area contributed by atoms with E-state index in [1.165, 1.54) is 17.5 Å². The van der Waals surface area contributed by atoms with Gasteiger partial charge in [0.25, 0.3) is 11.7 Å². The lowest BCUT2D eigenvalue weighted by Crippen LogP contribution is -2.16. The van der Waals surface area contributed by atoms with Crippen molar-refractivity contribution < 1.29 is 18.0 Å². The van der Waals surface area contributed by atoms with E-state index in [4.69, 9.17) is 0 Å². The molecule has 1 N–H and O–H groups in total. The average Bonchev–Trinajstić information content (AvgIpc) is 3.16. The van der Waals surface area contributed by atoms with Crippen molar-refractivity contribution in [2.45, 2.75) is 25.4 Å². The van der Waals surface area contributed by atoms with Crippen molar-refractivity contribution in [3.63, 3.8) is 0 Å². The van der Waals surface area contributed by atoms with Gasteiger partial charge in [0.05, 0.1) is 5.69 Å². The van der Waals surface area contributed by atoms with Crippen LogP contribution in [0, 0.1) is 5.92 Å². The lowest BCUT2D eigenvalue weighted by atomic mass is 10.2. The van der Waals surface area contributed by atoms with Crippen LogP contribution >= 0.6 is 0 Å². The van der Waals surface area contributed by atoms with E-state index in [-0.39, 0.29) is 11.6 Å². The van der Waals surface area contributed by atoms with E-state index in [9.17, 15) is 18.0 Å². The minimum atomic E-state index is -4.59. The summed E-state index contributed by atoms with van der Waals surface area (Å²) in [6.45, 7) is 0. The Morgan fingerprint density at radius 3 is 2.77 bits per heavy atom. The second-order valence-electron chi connectivity index (χ2n) is 6.24. The van der Waals surface area contributed by atoms with E-state index in [0.717, 1.165) is 28.9 Å². The SMILES string of the molecule is Cn1nc(CC2CC2)cc1NC(=O)c1nc2nc(C(F)(F)F)ccn2n1. The number of rotatable bonds is 4. The van der Waals surface area contributed by atoms with Gasteiger partial charge in [-0.2, -0.15) is 23.3 Å². The molecule has 0 atom stereocenters. The van der Waals surface area contributed by atoms with Crippen LogP contribution in [0.4, 0.5) is 19.0 Å². The number of fused-ring (bicyclic) bond motifs is 1. The van der Waals surface area contributed by atoms with Crippen LogP contribution < -0.4 is 5.32 Å². The number of alkyl halides is 3. The highest BCUT2D eigenvalue weighted by molar-refractivity contribution is 6.01. The highest BCUT2D eigenvalue weighted by Crippen LogP contribution is 2.32. The van der Waals surface area contributed by atoms with Gasteiger partial charge in [0.1, 0.15) is 11.5 Å². The number of nitrogens with zero attached hydrogens (tertiary/aromatic N) is 6. The predicted octanol–water partition coefficient (Wildman–Crippen LogP) is 2.08. The highest BCUT2D eigenvalue weighted by atomic mass is 19.4. The average molecular weight is 365 g/mol. The van der Waals surface area contributed by atoms with Crippen molar-refractivity contribution in [3.8, 4) is 0 Å². The molecular weight excluding hydrogens is 351 g/mol. The van der Waals surface area contributed by atoms with E-state index in [1.807, 2.05) is 0 Å². The number of anilines is 1. The minimum Gasteiger partial charge on any atom is -0.304 e. The standard InChI is InChI=1S/C15H14F3N7O/c1-24-11(7-9(22-24)6-8-2-3-8)20-13(26)12-21-14-19-10(15(16,17)18)4-5-25(14)23-12/h4-5,7-8H,2-3,6H2,1H3,(H,20,26). The number of hydrogen-bond donors (Lipinski definition) is 1. The van der Waals surface area contributed by atoms with Crippen LogP contribution in [0.5, 0.6) is 0 Å². The van der Waals surface area contributed by atoms with Crippen molar-refractivity contribution in [1.82, 2.24) is 29.4 Å². The molecule has 3 aromatic rings. The molecule has 1 amide bonds. The zero-order valence-electron chi connectivity index (χ0n) is 13.7. The molecule has 0 spiro atoms. The Hall–Kier alpha value is -2.98. The summed E-state index contributed by atoms with van der Waals surface area (Å²) in [5, 5.41) is 10.8. The van der Waals surface area contributed by atoms with E-state index in [0.29, 0.717) is 11.7 Å². The predicted molar refractivity (Wildman–Crippen MR) is 83.4 cm³/mol. The Morgan fingerprint density at radius 1 is 1.31 bits per heavy atom. The molecule has 0 saturated heterocycles. The molecule has 1 fully saturated rings. The van der Waals surface area contributed by atoms with E-state index in [1.54, 1.807) is 13.1 Å². The summed E-state index contributed by atoms with van der Waals surface area (Å²) in [5.74, 6) is -0.105. The van der Waals surface area contributed by atoms with Crippen LogP contribution in [0.1, 0.15) is 34.8 Å². The molecular formula is C15H14F3N7O. The van der Waals surface area contributed by atoms with Crippen molar-refractivity contribution in [3.05, 3.63) is 35.5 Å². The third kappa shape index (κ3) is 3.24. The first-order chi connectivity index (χ1) is 12.3. The summed E-state index contributed by atoms with van der Waals surface area (Å²) in [6, 6.07) is 2.54. The van der Waals surface area contributed by atoms with Gasteiger partial charge in [0.15, 0.2) is 0 Å². The Balaban J connectivity index is 1.55. The Morgan fingerprint density at radius 2 is 2.08 bits per heavy atom. The molecule has 3 heterocycles. The van der Waals surface area contributed by atoms with Crippen molar-refractivity contribution >= 4 is 17.5 Å². The third-order valence-corrected chi connectivity index (χ3v) is 4.07. The van der Waals surface area contributed by atoms with Gasteiger partial charge < -0.3 is 5.32 Å². The first kappa shape index (κ1) is 16.5. The molecule has 4 rings (SSSR count). The molecule has 1 aliphatic rings. The summed E-state index contributed by atoms with van der Waals surface area (Å²) < 4.78 is 40.7. The Labute approximate surface area is 145 Å². The topological polar surface area (TPSA) is 90.0 Å². The van der Waals surface area contributed by atoms with E-state index in [2.05, 4.69) is 25.5 Å². The number of carbonyl (C=O) groups is 1. The maximum atomic E-state index is 12.7. The molecule has 0 aliphatic heterocycles.